The van der Waals surface area contributed by atoms with Crippen LogP contribution in [-0.4, -0.2) is 28.0 Å². The van der Waals surface area contributed by atoms with Crippen LogP contribution in [0.3, 0.4) is 0 Å². The van der Waals surface area contributed by atoms with Crippen molar-refractivity contribution in [3.05, 3.63) is 67.5 Å². The first kappa shape index (κ1) is 21.2. The van der Waals surface area contributed by atoms with Crippen molar-refractivity contribution in [2.45, 2.75) is 6.36 Å². The van der Waals surface area contributed by atoms with E-state index >= 15 is 0 Å². The number of thiazole rings is 1. The quantitative estimate of drug-likeness (QED) is 0.440. The maximum atomic E-state index is 12.8. The van der Waals surface area contributed by atoms with E-state index in [1.807, 2.05) is 0 Å². The fourth-order valence-electron chi connectivity index (χ4n) is 2.91. The van der Waals surface area contributed by atoms with E-state index in [1.54, 1.807) is 24.3 Å². The zero-order valence-electron chi connectivity index (χ0n) is 15.6. The van der Waals surface area contributed by atoms with Crippen LogP contribution in [0.15, 0.2) is 51.9 Å². The summed E-state index contributed by atoms with van der Waals surface area (Å²) in [5.41, 5.74) is 1.02. The molecule has 0 spiro atoms. The van der Waals surface area contributed by atoms with Crippen molar-refractivity contribution in [1.29, 1.82) is 0 Å². The first-order valence-corrected chi connectivity index (χ1v) is 10.2. The van der Waals surface area contributed by atoms with Crippen LogP contribution in [0.1, 0.15) is 5.56 Å². The summed E-state index contributed by atoms with van der Waals surface area (Å²) >= 11 is 4.36. The number of hydrogen-bond acceptors (Lipinski definition) is 6. The van der Waals surface area contributed by atoms with Gasteiger partial charge >= 0.3 is 6.36 Å². The van der Waals surface area contributed by atoms with Gasteiger partial charge in [-0.1, -0.05) is 23.5 Å². The van der Waals surface area contributed by atoms with Gasteiger partial charge in [0.05, 0.1) is 21.8 Å². The van der Waals surface area contributed by atoms with Crippen LogP contribution in [0.25, 0.3) is 22.3 Å². The Morgan fingerprint density at radius 1 is 1.26 bits per heavy atom. The minimum Gasteiger partial charge on any atom is -0.503 e. The molecule has 1 N–H and O–H groups in total. The van der Waals surface area contributed by atoms with Crippen LogP contribution in [0.4, 0.5) is 13.2 Å². The molecule has 0 fully saturated rings. The van der Waals surface area contributed by atoms with Crippen molar-refractivity contribution in [2.24, 2.45) is 0 Å². The van der Waals surface area contributed by atoms with Crippen LogP contribution in [-0.2, 0) is 0 Å². The third-order valence-electron chi connectivity index (χ3n) is 4.24. The van der Waals surface area contributed by atoms with Gasteiger partial charge < -0.3 is 14.6 Å². The molecule has 0 saturated heterocycles. The number of halogens is 4. The van der Waals surface area contributed by atoms with Gasteiger partial charge in [-0.05, 0) is 51.8 Å². The van der Waals surface area contributed by atoms with Gasteiger partial charge in [0.25, 0.3) is 5.56 Å². The van der Waals surface area contributed by atoms with Gasteiger partial charge in [-0.15, -0.1) is 13.2 Å². The molecule has 2 heterocycles. The molecule has 11 heteroatoms. The van der Waals surface area contributed by atoms with Gasteiger partial charge in [0.2, 0.25) is 0 Å². The summed E-state index contributed by atoms with van der Waals surface area (Å²) in [4.78, 5) is 17.5. The van der Waals surface area contributed by atoms with Crippen LogP contribution in [0.5, 0.6) is 17.2 Å². The maximum Gasteiger partial charge on any atom is 0.573 e. The van der Waals surface area contributed by atoms with Crippen molar-refractivity contribution in [1.82, 2.24) is 9.38 Å². The average Bonchev–Trinajstić information content (AvgIpc) is 3.23. The third-order valence-corrected chi connectivity index (χ3v) is 5.82. The van der Waals surface area contributed by atoms with Crippen LogP contribution in [0.2, 0.25) is 0 Å². The number of alkyl halides is 3. The molecule has 6 nitrogen and oxygen atoms in total. The molecular formula is C20H12BrF3N2O4S. The molecule has 4 rings (SSSR count). The minimum absolute atomic E-state index is 0.0515. The second kappa shape index (κ2) is 7.89. The molecule has 0 radical (unpaired) electrons. The Morgan fingerprint density at radius 2 is 2.03 bits per heavy atom. The third kappa shape index (κ3) is 4.37. The first-order valence-electron chi connectivity index (χ1n) is 8.61. The molecule has 160 valence electrons. The molecule has 0 aliphatic rings. The van der Waals surface area contributed by atoms with Gasteiger partial charge in [0.1, 0.15) is 5.75 Å². The molecule has 0 bridgehead atoms. The lowest BCUT2D eigenvalue weighted by Crippen LogP contribution is -2.22. The fraction of sp³-hybridized carbons (Fsp3) is 0.100. The topological polar surface area (TPSA) is 73.1 Å². The van der Waals surface area contributed by atoms with E-state index in [2.05, 4.69) is 25.7 Å². The predicted octanol–water partition coefficient (Wildman–Crippen LogP) is 4.35. The Kier molecular flexibility index (Phi) is 5.40. The zero-order valence-corrected chi connectivity index (χ0v) is 18.0. The van der Waals surface area contributed by atoms with Crippen molar-refractivity contribution < 1.29 is 27.8 Å². The molecule has 31 heavy (non-hydrogen) atoms. The second-order valence-corrected chi connectivity index (χ2v) is 8.19. The van der Waals surface area contributed by atoms with Crippen molar-refractivity contribution in [3.8, 4) is 28.5 Å². The van der Waals surface area contributed by atoms with Crippen LogP contribution in [0, 0.1) is 0 Å². The highest BCUT2D eigenvalue weighted by Crippen LogP contribution is 2.35. The number of aromatic nitrogens is 2. The highest BCUT2D eigenvalue weighted by molar-refractivity contribution is 9.10. The summed E-state index contributed by atoms with van der Waals surface area (Å²) in [6.45, 7) is 0. The molecule has 0 saturated carbocycles. The van der Waals surface area contributed by atoms with E-state index in [1.165, 1.54) is 35.9 Å². The summed E-state index contributed by atoms with van der Waals surface area (Å²) in [7, 11) is 1.42. The van der Waals surface area contributed by atoms with Crippen molar-refractivity contribution in [3.63, 3.8) is 0 Å². The Labute approximate surface area is 184 Å². The van der Waals surface area contributed by atoms with Gasteiger partial charge in [0, 0.05) is 11.8 Å². The zero-order chi connectivity index (χ0) is 22.3. The van der Waals surface area contributed by atoms with Gasteiger partial charge in [0.15, 0.2) is 16.5 Å². The van der Waals surface area contributed by atoms with E-state index in [0.717, 1.165) is 11.3 Å². The van der Waals surface area contributed by atoms with E-state index < -0.39 is 6.36 Å². The smallest absolute Gasteiger partial charge is 0.503 e. The molecule has 0 atom stereocenters. The Hall–Kier alpha value is -3.05. The molecule has 0 amide bonds. The number of methoxy groups -OCH3 is 1. The standard InChI is InChI=1S/C20H12BrF3N2O4S/c1-29-15-6-10(5-13(21)17(15)27)7-16-18(28)26-9-14(25-19(26)31-16)11-3-2-4-12(8-11)30-20(22,23)24/h2-9,27H,1H3/b16-7-. The summed E-state index contributed by atoms with van der Waals surface area (Å²) in [5, 5.41) is 9.91. The van der Waals surface area contributed by atoms with E-state index in [0.29, 0.717) is 30.8 Å². The Bertz CT molecular complexity index is 1400. The number of aromatic hydroxyl groups is 1. The highest BCUT2D eigenvalue weighted by atomic mass is 79.9. The number of fused-ring (bicyclic) bond motifs is 1. The Morgan fingerprint density at radius 3 is 2.71 bits per heavy atom. The number of phenols is 1. The number of ether oxygens (including phenoxy) is 2. The maximum absolute atomic E-state index is 12.8. The van der Waals surface area contributed by atoms with Crippen LogP contribution < -0.4 is 19.6 Å². The number of rotatable bonds is 4. The Balaban J connectivity index is 1.73. The van der Waals surface area contributed by atoms with E-state index in [-0.39, 0.29) is 22.8 Å². The van der Waals surface area contributed by atoms with Gasteiger partial charge in [-0.25, -0.2) is 4.98 Å². The first-order chi connectivity index (χ1) is 14.6. The number of imidazole rings is 1. The SMILES string of the molecule is COc1cc(/C=c2\sc3nc(-c4cccc(OC(F)(F)F)c4)cn3c2=O)cc(Br)c1O. The van der Waals surface area contributed by atoms with Crippen LogP contribution >= 0.6 is 27.3 Å². The second-order valence-electron chi connectivity index (χ2n) is 6.32. The summed E-state index contributed by atoms with van der Waals surface area (Å²) in [5.74, 6) is -0.174. The number of phenolic OH excluding ortho intramolecular Hbond substituents is 1. The largest absolute Gasteiger partial charge is 0.573 e. The normalized spacial score (nSPS) is 12.5. The van der Waals surface area contributed by atoms with Gasteiger partial charge in [-0.2, -0.15) is 0 Å². The molecular weight excluding hydrogens is 501 g/mol. The van der Waals surface area contributed by atoms with E-state index in [9.17, 15) is 23.1 Å². The van der Waals surface area contributed by atoms with Gasteiger partial charge in [-0.3, -0.25) is 9.20 Å². The lowest BCUT2D eigenvalue weighted by atomic mass is 10.1. The summed E-state index contributed by atoms with van der Waals surface area (Å²) in [6, 6.07) is 8.60. The highest BCUT2D eigenvalue weighted by Gasteiger charge is 2.31. The molecule has 4 aromatic rings. The molecule has 0 unspecified atom stereocenters. The lowest BCUT2D eigenvalue weighted by Gasteiger charge is -2.09. The summed E-state index contributed by atoms with van der Waals surface area (Å²) in [6.07, 6.45) is -1.70. The lowest BCUT2D eigenvalue weighted by molar-refractivity contribution is -0.274. The monoisotopic (exact) mass is 512 g/mol. The van der Waals surface area contributed by atoms with Crippen molar-refractivity contribution in [2.75, 3.05) is 7.11 Å². The molecule has 2 aromatic carbocycles. The molecule has 2 aromatic heterocycles. The number of benzene rings is 2. The fourth-order valence-corrected chi connectivity index (χ4v) is 4.32. The molecule has 0 aliphatic carbocycles. The van der Waals surface area contributed by atoms with Crippen molar-refractivity contribution >= 4 is 38.3 Å². The number of nitrogens with zero attached hydrogens (tertiary/aromatic N) is 2. The van der Waals surface area contributed by atoms with E-state index in [4.69, 9.17) is 4.74 Å². The minimum atomic E-state index is -4.80. The number of hydrogen-bond donors (Lipinski definition) is 1. The average molecular weight is 513 g/mol. The molecule has 0 aliphatic heterocycles. The summed E-state index contributed by atoms with van der Waals surface area (Å²) < 4.78 is 48.5. The predicted molar refractivity (Wildman–Crippen MR) is 113 cm³/mol.